The summed E-state index contributed by atoms with van der Waals surface area (Å²) in [4.78, 5) is 11.2. The Bertz CT molecular complexity index is 1030. The highest BCUT2D eigenvalue weighted by Gasteiger charge is 2.59. The van der Waals surface area contributed by atoms with Crippen molar-refractivity contribution in [3.8, 4) is 5.75 Å². The van der Waals surface area contributed by atoms with Crippen molar-refractivity contribution < 1.29 is 23.0 Å². The fourth-order valence-corrected chi connectivity index (χ4v) is 7.29. The zero-order chi connectivity index (χ0) is 34.5. The van der Waals surface area contributed by atoms with E-state index in [4.69, 9.17) is 9.47 Å². The maximum absolute atomic E-state index is 14.2. The summed E-state index contributed by atoms with van der Waals surface area (Å²) in [7, 11) is 1.76. The summed E-state index contributed by atoms with van der Waals surface area (Å²) in [6.07, 6.45) is 8.96. The standard InChI is InChI=1S/C23H36O2.C14H24F2O.C2H6/c1-8-11-12-17(4)19(6)25-18(5)13-14-20-15-21(9-2)23(24-7)22(10-3)16-20;1-10(17)14(15,16)13(6)8-11(2,3)7-12(4,5)9-13;1-2/h15-17H,5-6,8-14H2,1-4,7H3;7-9H2,1-6H3;1-2H3. The van der Waals surface area contributed by atoms with Gasteiger partial charge in [-0.05, 0) is 72.5 Å². The lowest BCUT2D eigenvalue weighted by atomic mass is 9.53. The smallest absolute Gasteiger partial charge is 0.310 e. The van der Waals surface area contributed by atoms with Gasteiger partial charge < -0.3 is 9.47 Å². The van der Waals surface area contributed by atoms with Crippen LogP contribution in [0.1, 0.15) is 145 Å². The number of hydrogen-bond donors (Lipinski definition) is 0. The van der Waals surface area contributed by atoms with Crippen molar-refractivity contribution in [2.45, 2.75) is 153 Å². The van der Waals surface area contributed by atoms with Gasteiger partial charge in [-0.25, -0.2) is 0 Å². The molecule has 5 heteroatoms. The summed E-state index contributed by atoms with van der Waals surface area (Å²) in [5.41, 5.74) is 2.38. The van der Waals surface area contributed by atoms with Crippen LogP contribution in [0.4, 0.5) is 8.78 Å². The van der Waals surface area contributed by atoms with Gasteiger partial charge in [0.25, 0.3) is 0 Å². The molecule has 1 unspecified atom stereocenters. The fourth-order valence-electron chi connectivity index (χ4n) is 7.29. The monoisotopic (exact) mass is 620 g/mol. The zero-order valence-corrected chi connectivity index (χ0v) is 30.7. The van der Waals surface area contributed by atoms with E-state index in [1.807, 2.05) is 41.5 Å². The van der Waals surface area contributed by atoms with E-state index in [0.29, 0.717) is 18.8 Å². The SMILES string of the molecule is C=C(CCc1cc(CC)c(OC)c(CC)c1)OC(=C)C(C)CCCC.CC.CC(=O)C(F)(F)C1(C)CC(C)(C)CC(C)(C)C1. The van der Waals surface area contributed by atoms with Gasteiger partial charge >= 0.3 is 5.92 Å². The quantitative estimate of drug-likeness (QED) is 0.194. The number of Topliss-reactive ketones (excluding diaryl/α,β-unsaturated/α-hetero) is 1. The van der Waals surface area contributed by atoms with Gasteiger partial charge in [-0.1, -0.05) is 114 Å². The van der Waals surface area contributed by atoms with Crippen LogP contribution in [0.5, 0.6) is 5.75 Å². The third-order valence-electron chi connectivity index (χ3n) is 8.67. The molecule has 1 aromatic carbocycles. The Morgan fingerprint density at radius 3 is 1.82 bits per heavy atom. The molecule has 0 saturated heterocycles. The lowest BCUT2D eigenvalue weighted by molar-refractivity contribution is -0.182. The van der Waals surface area contributed by atoms with Crippen LogP contribution in [-0.4, -0.2) is 18.8 Å². The second-order valence-electron chi connectivity index (χ2n) is 14.4. The van der Waals surface area contributed by atoms with Crippen LogP contribution in [0, 0.1) is 22.2 Å². The number of carbonyl (C=O) groups is 1. The highest BCUT2D eigenvalue weighted by atomic mass is 19.3. The van der Waals surface area contributed by atoms with Crippen molar-refractivity contribution in [3.05, 3.63) is 53.5 Å². The topological polar surface area (TPSA) is 35.5 Å². The normalized spacial score (nSPS) is 17.2. The molecule has 0 heterocycles. The van der Waals surface area contributed by atoms with E-state index < -0.39 is 17.1 Å². The molecule has 2 rings (SSSR count). The van der Waals surface area contributed by atoms with Gasteiger partial charge in [-0.2, -0.15) is 8.78 Å². The van der Waals surface area contributed by atoms with E-state index in [-0.39, 0.29) is 10.8 Å². The number of halogens is 2. The molecule has 1 aliphatic carbocycles. The first-order valence-electron chi connectivity index (χ1n) is 16.9. The predicted molar refractivity (Wildman–Crippen MR) is 185 cm³/mol. The maximum atomic E-state index is 14.2. The average molecular weight is 621 g/mol. The van der Waals surface area contributed by atoms with Crippen molar-refractivity contribution in [2.24, 2.45) is 22.2 Å². The minimum Gasteiger partial charge on any atom is -0.496 e. The number of benzene rings is 1. The molecule has 1 aromatic rings. The van der Waals surface area contributed by atoms with Gasteiger partial charge in [0.2, 0.25) is 0 Å². The molecular weight excluding hydrogens is 554 g/mol. The van der Waals surface area contributed by atoms with Gasteiger partial charge in [0.15, 0.2) is 5.78 Å². The van der Waals surface area contributed by atoms with Crippen molar-refractivity contribution >= 4 is 5.78 Å². The van der Waals surface area contributed by atoms with Crippen LogP contribution in [0.3, 0.4) is 0 Å². The molecule has 44 heavy (non-hydrogen) atoms. The molecule has 1 atom stereocenters. The maximum Gasteiger partial charge on any atom is 0.310 e. The molecule has 0 amide bonds. The van der Waals surface area contributed by atoms with E-state index in [1.165, 1.54) is 29.5 Å². The van der Waals surface area contributed by atoms with Crippen LogP contribution in [-0.2, 0) is 28.8 Å². The number of rotatable bonds is 14. The van der Waals surface area contributed by atoms with Crippen molar-refractivity contribution in [1.29, 1.82) is 0 Å². The number of hydrogen-bond acceptors (Lipinski definition) is 3. The molecular formula is C39H66F2O3. The van der Waals surface area contributed by atoms with Crippen LogP contribution in [0.2, 0.25) is 0 Å². The molecule has 254 valence electrons. The van der Waals surface area contributed by atoms with Gasteiger partial charge in [0.1, 0.15) is 5.75 Å². The van der Waals surface area contributed by atoms with E-state index in [1.54, 1.807) is 14.0 Å². The first-order valence-corrected chi connectivity index (χ1v) is 16.9. The Kier molecular flexibility index (Phi) is 17.2. The second-order valence-corrected chi connectivity index (χ2v) is 14.4. The van der Waals surface area contributed by atoms with E-state index in [2.05, 4.69) is 53.0 Å². The molecule has 0 aliphatic heterocycles. The number of unbranched alkanes of at least 4 members (excludes halogenated alkanes) is 1. The third-order valence-corrected chi connectivity index (χ3v) is 8.67. The Morgan fingerprint density at radius 2 is 1.43 bits per heavy atom. The number of alkyl halides is 2. The minimum absolute atomic E-state index is 0.143. The number of ether oxygens (including phenoxy) is 2. The molecule has 0 spiro atoms. The van der Waals surface area contributed by atoms with Gasteiger partial charge in [0, 0.05) is 24.7 Å². The summed E-state index contributed by atoms with van der Waals surface area (Å²) in [5, 5.41) is 0. The number of allylic oxidation sites excluding steroid dienone is 2. The molecule has 3 nitrogen and oxygen atoms in total. The summed E-state index contributed by atoms with van der Waals surface area (Å²) < 4.78 is 39.8. The van der Waals surface area contributed by atoms with Gasteiger partial charge in [-0.15, -0.1) is 0 Å². The lowest BCUT2D eigenvalue weighted by Crippen LogP contribution is -2.52. The first-order chi connectivity index (χ1) is 20.3. The fraction of sp³-hybridized carbons (Fsp3) is 0.718. The highest BCUT2D eigenvalue weighted by molar-refractivity contribution is 5.84. The summed E-state index contributed by atoms with van der Waals surface area (Å²) >= 11 is 0. The van der Waals surface area contributed by atoms with Gasteiger partial charge in [0.05, 0.1) is 18.6 Å². The first kappa shape index (κ1) is 41.8. The van der Waals surface area contributed by atoms with Gasteiger partial charge in [-0.3, -0.25) is 4.79 Å². The van der Waals surface area contributed by atoms with Crippen molar-refractivity contribution in [2.75, 3.05) is 7.11 Å². The molecule has 0 aromatic heterocycles. The predicted octanol–water partition coefficient (Wildman–Crippen LogP) is 12.1. The van der Waals surface area contributed by atoms with Crippen molar-refractivity contribution in [1.82, 2.24) is 0 Å². The molecule has 1 fully saturated rings. The third kappa shape index (κ3) is 12.3. The summed E-state index contributed by atoms with van der Waals surface area (Å²) in [6.45, 7) is 31.5. The van der Waals surface area contributed by atoms with Crippen LogP contribution in [0.15, 0.2) is 36.8 Å². The van der Waals surface area contributed by atoms with E-state index in [0.717, 1.165) is 62.7 Å². The Hall–Kier alpha value is -2.17. The van der Waals surface area contributed by atoms with Crippen LogP contribution < -0.4 is 4.74 Å². The number of methoxy groups -OCH3 is 1. The lowest BCUT2D eigenvalue weighted by Gasteiger charge is -2.52. The van der Waals surface area contributed by atoms with E-state index >= 15 is 0 Å². The van der Waals surface area contributed by atoms with Crippen LogP contribution >= 0.6 is 0 Å². The Balaban J connectivity index is 0.000000847. The number of aryl methyl sites for hydroxylation is 3. The average Bonchev–Trinajstić information content (AvgIpc) is 2.93. The largest absolute Gasteiger partial charge is 0.496 e. The summed E-state index contributed by atoms with van der Waals surface area (Å²) in [5.74, 6) is -1.15. The number of carbonyl (C=O) groups excluding carboxylic acids is 1. The Labute approximate surface area is 270 Å². The van der Waals surface area contributed by atoms with Crippen molar-refractivity contribution in [3.63, 3.8) is 0 Å². The minimum atomic E-state index is -3.22. The van der Waals surface area contributed by atoms with Crippen LogP contribution in [0.25, 0.3) is 0 Å². The molecule has 0 N–H and O–H groups in total. The van der Waals surface area contributed by atoms with E-state index in [9.17, 15) is 13.6 Å². The molecule has 0 radical (unpaired) electrons. The zero-order valence-electron chi connectivity index (χ0n) is 30.7. The molecule has 1 saturated carbocycles. The Morgan fingerprint density at radius 1 is 0.955 bits per heavy atom. The summed E-state index contributed by atoms with van der Waals surface area (Å²) in [6, 6.07) is 4.51. The molecule has 0 bridgehead atoms. The number of ketones is 1. The molecule has 1 aliphatic rings. The second kappa shape index (κ2) is 18.1. The highest BCUT2D eigenvalue weighted by Crippen LogP contribution is 2.59.